The average Bonchev–Trinajstić information content (AvgIpc) is 2.82. The smallest absolute Gasteiger partial charge is 0.141 e. The van der Waals surface area contributed by atoms with E-state index in [-0.39, 0.29) is 5.82 Å². The highest BCUT2D eigenvalue weighted by atomic mass is 19.1. The Balaban J connectivity index is 2.10. The van der Waals surface area contributed by atoms with E-state index < -0.39 is 0 Å². The van der Waals surface area contributed by atoms with Crippen molar-refractivity contribution < 1.29 is 4.39 Å². The number of nitrogens with one attached hydrogen (secondary N) is 1. The van der Waals surface area contributed by atoms with Crippen molar-refractivity contribution in [2.45, 2.75) is 6.92 Å². The molecule has 94 valence electrons. The largest absolute Gasteiger partial charge is 0.341 e. The van der Waals surface area contributed by atoms with Crippen molar-refractivity contribution in [2.24, 2.45) is 0 Å². The highest BCUT2D eigenvalue weighted by Gasteiger charge is 2.13. The molecule has 1 aromatic carbocycles. The quantitative estimate of drug-likeness (QED) is 0.758. The molecule has 0 spiro atoms. The van der Waals surface area contributed by atoms with Crippen molar-refractivity contribution >= 4 is 0 Å². The van der Waals surface area contributed by atoms with E-state index in [9.17, 15) is 4.39 Å². The minimum Gasteiger partial charge on any atom is -0.341 e. The fourth-order valence-corrected chi connectivity index (χ4v) is 1.99. The number of imidazole rings is 1. The van der Waals surface area contributed by atoms with Crippen LogP contribution in [0.15, 0.2) is 48.7 Å². The van der Waals surface area contributed by atoms with Gasteiger partial charge in [0.15, 0.2) is 0 Å². The Hall–Kier alpha value is -2.49. The predicted molar refractivity (Wildman–Crippen MR) is 71.9 cm³/mol. The summed E-state index contributed by atoms with van der Waals surface area (Å²) in [7, 11) is 0. The van der Waals surface area contributed by atoms with Gasteiger partial charge in [-0.15, -0.1) is 0 Å². The van der Waals surface area contributed by atoms with Gasteiger partial charge in [-0.3, -0.25) is 4.98 Å². The minimum atomic E-state index is -0.288. The number of aryl methyl sites for hydroxylation is 1. The second-order valence-electron chi connectivity index (χ2n) is 4.25. The standard InChI is InChI=1S/C15H12FN3/c1-10-14(13-8-4-5-9-17-13)19-15(18-10)11-6-2-3-7-12(11)16/h2-9H,1H3,(H,18,19). The van der Waals surface area contributed by atoms with Gasteiger partial charge in [-0.1, -0.05) is 18.2 Å². The van der Waals surface area contributed by atoms with Gasteiger partial charge in [0.05, 0.1) is 11.3 Å². The fourth-order valence-electron chi connectivity index (χ4n) is 1.99. The molecule has 0 saturated carbocycles. The van der Waals surface area contributed by atoms with Crippen LogP contribution in [0.25, 0.3) is 22.8 Å². The van der Waals surface area contributed by atoms with Crippen LogP contribution in [-0.2, 0) is 0 Å². The molecule has 19 heavy (non-hydrogen) atoms. The minimum absolute atomic E-state index is 0.288. The highest BCUT2D eigenvalue weighted by Crippen LogP contribution is 2.25. The van der Waals surface area contributed by atoms with Crippen molar-refractivity contribution in [2.75, 3.05) is 0 Å². The zero-order valence-electron chi connectivity index (χ0n) is 10.4. The first-order valence-corrected chi connectivity index (χ1v) is 5.98. The maximum atomic E-state index is 13.7. The summed E-state index contributed by atoms with van der Waals surface area (Å²) in [6.45, 7) is 1.90. The lowest BCUT2D eigenvalue weighted by Crippen LogP contribution is -1.86. The maximum absolute atomic E-state index is 13.7. The summed E-state index contributed by atoms with van der Waals surface area (Å²) in [6, 6.07) is 12.2. The fraction of sp³-hybridized carbons (Fsp3) is 0.0667. The van der Waals surface area contributed by atoms with Crippen LogP contribution < -0.4 is 0 Å². The number of H-pyrrole nitrogens is 1. The summed E-state index contributed by atoms with van der Waals surface area (Å²) < 4.78 is 13.7. The molecule has 3 rings (SSSR count). The van der Waals surface area contributed by atoms with E-state index in [1.165, 1.54) is 6.07 Å². The van der Waals surface area contributed by atoms with Crippen LogP contribution in [0.1, 0.15) is 5.69 Å². The summed E-state index contributed by atoms with van der Waals surface area (Å²) >= 11 is 0. The number of hydrogen-bond donors (Lipinski definition) is 1. The second-order valence-corrected chi connectivity index (χ2v) is 4.25. The summed E-state index contributed by atoms with van der Waals surface area (Å²) in [6.07, 6.45) is 1.71. The van der Waals surface area contributed by atoms with Gasteiger partial charge in [-0.2, -0.15) is 0 Å². The number of halogens is 1. The molecule has 2 heterocycles. The molecule has 0 radical (unpaired) electrons. The molecule has 0 aliphatic rings. The summed E-state index contributed by atoms with van der Waals surface area (Å²) in [5.74, 6) is 0.236. The summed E-state index contributed by atoms with van der Waals surface area (Å²) in [4.78, 5) is 11.8. The Morgan fingerprint density at radius 1 is 1.05 bits per heavy atom. The lowest BCUT2D eigenvalue weighted by molar-refractivity contribution is 0.630. The Morgan fingerprint density at radius 3 is 2.58 bits per heavy atom. The van der Waals surface area contributed by atoms with Crippen molar-refractivity contribution in [3.05, 3.63) is 60.2 Å². The molecule has 3 aromatic rings. The van der Waals surface area contributed by atoms with Crippen LogP contribution in [0.3, 0.4) is 0 Å². The first-order valence-electron chi connectivity index (χ1n) is 5.98. The van der Waals surface area contributed by atoms with Gasteiger partial charge in [-0.05, 0) is 31.2 Å². The average molecular weight is 253 g/mol. The van der Waals surface area contributed by atoms with E-state index in [1.54, 1.807) is 24.4 Å². The highest BCUT2D eigenvalue weighted by molar-refractivity contribution is 5.64. The third-order valence-corrected chi connectivity index (χ3v) is 2.92. The number of nitrogens with zero attached hydrogens (tertiary/aromatic N) is 2. The number of aromatic amines is 1. The Morgan fingerprint density at radius 2 is 1.84 bits per heavy atom. The predicted octanol–water partition coefficient (Wildman–Crippen LogP) is 3.59. The topological polar surface area (TPSA) is 41.6 Å². The first kappa shape index (κ1) is 11.6. The third-order valence-electron chi connectivity index (χ3n) is 2.92. The monoisotopic (exact) mass is 253 g/mol. The van der Waals surface area contributed by atoms with Crippen LogP contribution >= 0.6 is 0 Å². The summed E-state index contributed by atoms with van der Waals surface area (Å²) in [5, 5.41) is 0. The Kier molecular flexibility index (Phi) is 2.83. The second kappa shape index (κ2) is 4.65. The van der Waals surface area contributed by atoms with Crippen LogP contribution in [-0.4, -0.2) is 15.0 Å². The molecule has 3 nitrogen and oxygen atoms in total. The molecule has 4 heteroatoms. The molecule has 0 amide bonds. The number of benzene rings is 1. The number of aromatic nitrogens is 3. The van der Waals surface area contributed by atoms with Crippen LogP contribution in [0.2, 0.25) is 0 Å². The first-order chi connectivity index (χ1) is 9.25. The SMILES string of the molecule is Cc1[nH]c(-c2ccccc2F)nc1-c1ccccn1. The van der Waals surface area contributed by atoms with Gasteiger partial charge < -0.3 is 4.98 Å². The lowest BCUT2D eigenvalue weighted by Gasteiger charge is -1.97. The van der Waals surface area contributed by atoms with Gasteiger partial charge in [0, 0.05) is 11.9 Å². The zero-order chi connectivity index (χ0) is 13.2. The lowest BCUT2D eigenvalue weighted by atomic mass is 10.2. The van der Waals surface area contributed by atoms with Crippen molar-refractivity contribution in [1.29, 1.82) is 0 Å². The van der Waals surface area contributed by atoms with E-state index >= 15 is 0 Å². The maximum Gasteiger partial charge on any atom is 0.141 e. The molecule has 0 aliphatic heterocycles. The molecular formula is C15H12FN3. The summed E-state index contributed by atoms with van der Waals surface area (Å²) in [5.41, 5.74) is 2.86. The van der Waals surface area contributed by atoms with Gasteiger partial charge in [-0.25, -0.2) is 9.37 Å². The van der Waals surface area contributed by atoms with Crippen molar-refractivity contribution in [3.8, 4) is 22.8 Å². The van der Waals surface area contributed by atoms with E-state index in [0.29, 0.717) is 11.4 Å². The molecule has 0 bridgehead atoms. The van der Waals surface area contributed by atoms with Crippen molar-refractivity contribution in [3.63, 3.8) is 0 Å². The van der Waals surface area contributed by atoms with E-state index in [0.717, 1.165) is 17.1 Å². The van der Waals surface area contributed by atoms with E-state index in [2.05, 4.69) is 15.0 Å². The van der Waals surface area contributed by atoms with Gasteiger partial charge in [0.25, 0.3) is 0 Å². The molecule has 0 atom stereocenters. The van der Waals surface area contributed by atoms with Crippen LogP contribution in [0, 0.1) is 12.7 Å². The van der Waals surface area contributed by atoms with Crippen LogP contribution in [0.4, 0.5) is 4.39 Å². The molecule has 1 N–H and O–H groups in total. The van der Waals surface area contributed by atoms with Crippen molar-refractivity contribution in [1.82, 2.24) is 15.0 Å². The molecule has 0 saturated heterocycles. The van der Waals surface area contributed by atoms with Gasteiger partial charge in [0.2, 0.25) is 0 Å². The molecule has 0 fully saturated rings. The Labute approximate surface area is 110 Å². The normalized spacial score (nSPS) is 10.6. The zero-order valence-corrected chi connectivity index (χ0v) is 10.4. The molecule has 0 aliphatic carbocycles. The van der Waals surface area contributed by atoms with Gasteiger partial charge >= 0.3 is 0 Å². The Bertz CT molecular complexity index is 704. The molecular weight excluding hydrogens is 241 g/mol. The number of pyridine rings is 1. The molecule has 2 aromatic heterocycles. The van der Waals surface area contributed by atoms with Crippen LogP contribution in [0.5, 0.6) is 0 Å². The van der Waals surface area contributed by atoms with E-state index in [4.69, 9.17) is 0 Å². The van der Waals surface area contributed by atoms with E-state index in [1.807, 2.05) is 25.1 Å². The molecule has 0 unspecified atom stereocenters. The number of hydrogen-bond acceptors (Lipinski definition) is 2. The van der Waals surface area contributed by atoms with Gasteiger partial charge in [0.1, 0.15) is 17.3 Å². The number of rotatable bonds is 2. The third kappa shape index (κ3) is 2.12.